The number of hydrogen-bond acceptors (Lipinski definition) is 5. The molecule has 11 heteroatoms. The van der Waals surface area contributed by atoms with Crippen LogP contribution < -0.4 is 5.32 Å². The molecule has 1 aliphatic heterocycles. The highest BCUT2D eigenvalue weighted by molar-refractivity contribution is 7.90. The number of benzene rings is 2. The van der Waals surface area contributed by atoms with E-state index in [0.29, 0.717) is 22.2 Å². The fourth-order valence-corrected chi connectivity index (χ4v) is 5.64. The molecule has 2 aromatic carbocycles. The molecule has 0 radical (unpaired) electrons. The molecule has 1 unspecified atom stereocenters. The summed E-state index contributed by atoms with van der Waals surface area (Å²) < 4.78 is 26.2. The van der Waals surface area contributed by atoms with Crippen LogP contribution in [0.5, 0.6) is 0 Å². The van der Waals surface area contributed by atoms with E-state index in [-0.39, 0.29) is 48.2 Å². The van der Waals surface area contributed by atoms with Crippen molar-refractivity contribution >= 4 is 50.9 Å². The Morgan fingerprint density at radius 1 is 1.12 bits per heavy atom. The van der Waals surface area contributed by atoms with Crippen molar-refractivity contribution in [3.8, 4) is 0 Å². The minimum atomic E-state index is -3.94. The standard InChI is InChI=1S/C23H25Cl2N3O5S/c1-3-26-22(30)15(2)27(14-16-10-11-18(24)19(25)13-16)21(29)9-6-12-28-23(31)17-7-4-5-8-20(17)34(28,32)33/h4-5,7-8,10-11,13,15H,3,6,9,12,14H2,1-2H3,(H,26,30). The summed E-state index contributed by atoms with van der Waals surface area (Å²) >= 11 is 12.1. The van der Waals surface area contributed by atoms with Crippen LogP contribution in [0.25, 0.3) is 0 Å². The van der Waals surface area contributed by atoms with Crippen LogP contribution in [-0.2, 0) is 26.2 Å². The number of halogens is 2. The predicted molar refractivity (Wildman–Crippen MR) is 129 cm³/mol. The third-order valence-corrected chi connectivity index (χ3v) is 8.10. The van der Waals surface area contributed by atoms with Crippen LogP contribution in [-0.4, -0.2) is 54.5 Å². The van der Waals surface area contributed by atoms with Gasteiger partial charge >= 0.3 is 0 Å². The Balaban J connectivity index is 1.72. The first-order chi connectivity index (χ1) is 16.1. The van der Waals surface area contributed by atoms with Gasteiger partial charge in [-0.1, -0.05) is 41.4 Å². The maximum atomic E-state index is 13.1. The van der Waals surface area contributed by atoms with Gasteiger partial charge in [0.15, 0.2) is 0 Å². The zero-order valence-corrected chi connectivity index (χ0v) is 21.1. The summed E-state index contributed by atoms with van der Waals surface area (Å²) in [5, 5.41) is 3.40. The number of hydrogen-bond donors (Lipinski definition) is 1. The van der Waals surface area contributed by atoms with E-state index in [9.17, 15) is 22.8 Å². The number of carbonyl (C=O) groups is 3. The van der Waals surface area contributed by atoms with Gasteiger partial charge in [0.25, 0.3) is 15.9 Å². The van der Waals surface area contributed by atoms with Crippen molar-refractivity contribution in [3.05, 3.63) is 63.6 Å². The molecule has 1 aliphatic rings. The van der Waals surface area contributed by atoms with Crippen LogP contribution in [0.4, 0.5) is 0 Å². The van der Waals surface area contributed by atoms with Gasteiger partial charge in [0.1, 0.15) is 10.9 Å². The van der Waals surface area contributed by atoms with Gasteiger partial charge in [0, 0.05) is 26.1 Å². The van der Waals surface area contributed by atoms with Crippen molar-refractivity contribution < 1.29 is 22.8 Å². The summed E-state index contributed by atoms with van der Waals surface area (Å²) in [6.45, 7) is 3.78. The van der Waals surface area contributed by atoms with Gasteiger partial charge in [-0.3, -0.25) is 14.4 Å². The highest BCUT2D eigenvalue weighted by Crippen LogP contribution is 2.30. The van der Waals surface area contributed by atoms with E-state index < -0.39 is 22.0 Å². The van der Waals surface area contributed by atoms with Crippen LogP contribution in [0.1, 0.15) is 42.6 Å². The van der Waals surface area contributed by atoms with E-state index in [4.69, 9.17) is 23.2 Å². The van der Waals surface area contributed by atoms with E-state index >= 15 is 0 Å². The van der Waals surface area contributed by atoms with Crippen LogP contribution in [0.3, 0.4) is 0 Å². The molecule has 0 fully saturated rings. The second kappa shape index (κ2) is 10.8. The molecule has 2 aromatic rings. The maximum Gasteiger partial charge on any atom is 0.269 e. The molecule has 0 aromatic heterocycles. The van der Waals surface area contributed by atoms with Crippen LogP contribution in [0, 0.1) is 0 Å². The van der Waals surface area contributed by atoms with Crippen molar-refractivity contribution in [2.24, 2.45) is 0 Å². The molecule has 3 rings (SSSR count). The number of nitrogens with zero attached hydrogens (tertiary/aromatic N) is 2. The second-order valence-electron chi connectivity index (χ2n) is 7.82. The number of sulfonamides is 1. The fourth-order valence-electron chi connectivity index (χ4n) is 3.71. The summed E-state index contributed by atoms with van der Waals surface area (Å²) in [7, 11) is -3.94. The van der Waals surface area contributed by atoms with E-state index in [1.54, 1.807) is 44.2 Å². The number of fused-ring (bicyclic) bond motifs is 1. The average Bonchev–Trinajstić information content (AvgIpc) is 3.00. The van der Waals surface area contributed by atoms with Gasteiger partial charge in [-0.2, -0.15) is 0 Å². The lowest BCUT2D eigenvalue weighted by molar-refractivity contribution is -0.140. The molecule has 0 saturated heterocycles. The lowest BCUT2D eigenvalue weighted by atomic mass is 10.1. The van der Waals surface area contributed by atoms with Crippen molar-refractivity contribution in [2.75, 3.05) is 13.1 Å². The van der Waals surface area contributed by atoms with Gasteiger partial charge in [0.2, 0.25) is 11.8 Å². The molecule has 1 N–H and O–H groups in total. The fraction of sp³-hybridized carbons (Fsp3) is 0.348. The molecular formula is C23H25Cl2N3O5S. The molecule has 8 nitrogen and oxygen atoms in total. The Kier molecular flexibility index (Phi) is 8.22. The molecule has 0 bridgehead atoms. The Hall–Kier alpha value is -2.62. The third-order valence-electron chi connectivity index (χ3n) is 5.52. The molecule has 34 heavy (non-hydrogen) atoms. The summed E-state index contributed by atoms with van der Waals surface area (Å²) in [5.74, 6) is -1.28. The second-order valence-corrected chi connectivity index (χ2v) is 10.5. The maximum absolute atomic E-state index is 13.1. The topological polar surface area (TPSA) is 104 Å². The normalized spacial score (nSPS) is 15.1. The SMILES string of the molecule is CCNC(=O)C(C)N(Cc1ccc(Cl)c(Cl)c1)C(=O)CCCN1C(=O)c2ccccc2S1(=O)=O. The summed E-state index contributed by atoms with van der Waals surface area (Å²) in [6.07, 6.45) is 0.0541. The molecular weight excluding hydrogens is 501 g/mol. The zero-order valence-electron chi connectivity index (χ0n) is 18.8. The number of likely N-dealkylation sites (N-methyl/N-ethyl adjacent to an activating group) is 1. The van der Waals surface area contributed by atoms with Gasteiger partial charge in [-0.05, 0) is 50.1 Å². The van der Waals surface area contributed by atoms with Crippen LogP contribution in [0.15, 0.2) is 47.4 Å². The van der Waals surface area contributed by atoms with Gasteiger partial charge in [0.05, 0.1) is 15.6 Å². The first kappa shape index (κ1) is 26.0. The van der Waals surface area contributed by atoms with Crippen LogP contribution >= 0.6 is 23.2 Å². The first-order valence-electron chi connectivity index (χ1n) is 10.7. The lowest BCUT2D eigenvalue weighted by Gasteiger charge is -2.29. The molecule has 3 amide bonds. The number of amides is 3. The Bertz CT molecular complexity index is 1220. The Morgan fingerprint density at radius 2 is 1.82 bits per heavy atom. The average molecular weight is 526 g/mol. The summed E-state index contributed by atoms with van der Waals surface area (Å²) in [6, 6.07) is 10.2. The summed E-state index contributed by atoms with van der Waals surface area (Å²) in [4.78, 5) is 39.5. The van der Waals surface area contributed by atoms with Crippen molar-refractivity contribution in [1.82, 2.24) is 14.5 Å². The number of rotatable bonds is 9. The molecule has 0 spiro atoms. The monoisotopic (exact) mass is 525 g/mol. The van der Waals surface area contributed by atoms with Crippen molar-refractivity contribution in [3.63, 3.8) is 0 Å². The molecule has 0 aliphatic carbocycles. The minimum absolute atomic E-state index is 0.0302. The quantitative estimate of drug-likeness (QED) is 0.539. The molecule has 1 heterocycles. The van der Waals surface area contributed by atoms with E-state index in [2.05, 4.69) is 5.32 Å². The largest absolute Gasteiger partial charge is 0.355 e. The van der Waals surface area contributed by atoms with Crippen molar-refractivity contribution in [1.29, 1.82) is 0 Å². The molecule has 182 valence electrons. The smallest absolute Gasteiger partial charge is 0.269 e. The zero-order chi connectivity index (χ0) is 25.0. The lowest BCUT2D eigenvalue weighted by Crippen LogP contribution is -2.47. The third kappa shape index (κ3) is 5.37. The number of carbonyl (C=O) groups excluding carboxylic acids is 3. The summed E-state index contributed by atoms with van der Waals surface area (Å²) in [5.41, 5.74) is 0.812. The van der Waals surface area contributed by atoms with Crippen molar-refractivity contribution in [2.45, 2.75) is 44.2 Å². The van der Waals surface area contributed by atoms with Gasteiger partial charge in [-0.25, -0.2) is 12.7 Å². The van der Waals surface area contributed by atoms with Crippen LogP contribution in [0.2, 0.25) is 10.0 Å². The van der Waals surface area contributed by atoms with E-state index in [0.717, 1.165) is 4.31 Å². The first-order valence-corrected chi connectivity index (χ1v) is 12.9. The Morgan fingerprint density at radius 3 is 2.47 bits per heavy atom. The number of nitrogens with one attached hydrogen (secondary N) is 1. The molecule has 1 atom stereocenters. The molecule has 0 saturated carbocycles. The highest BCUT2D eigenvalue weighted by atomic mass is 35.5. The predicted octanol–water partition coefficient (Wildman–Crippen LogP) is 3.47. The minimum Gasteiger partial charge on any atom is -0.355 e. The Labute approximate surface area is 208 Å². The highest BCUT2D eigenvalue weighted by Gasteiger charge is 2.40. The van der Waals surface area contributed by atoms with E-state index in [1.807, 2.05) is 0 Å². The van der Waals surface area contributed by atoms with E-state index in [1.165, 1.54) is 17.0 Å². The van der Waals surface area contributed by atoms with Gasteiger partial charge in [-0.15, -0.1) is 0 Å². The van der Waals surface area contributed by atoms with Gasteiger partial charge < -0.3 is 10.2 Å².